The van der Waals surface area contributed by atoms with Crippen LogP contribution in [0.5, 0.6) is 0 Å². The van der Waals surface area contributed by atoms with Crippen molar-refractivity contribution in [1.82, 2.24) is 0 Å². The number of hydrogen-bond acceptors (Lipinski definition) is 9. The molecule has 0 aliphatic carbocycles. The van der Waals surface area contributed by atoms with E-state index in [0.717, 1.165) is 18.5 Å². The van der Waals surface area contributed by atoms with Gasteiger partial charge in [0.05, 0.1) is 19.4 Å². The molecule has 0 heterocycles. The molecule has 32 heavy (non-hydrogen) atoms. The lowest BCUT2D eigenvalue weighted by Gasteiger charge is -2.18. The van der Waals surface area contributed by atoms with Crippen molar-refractivity contribution in [3.8, 4) is 0 Å². The van der Waals surface area contributed by atoms with Crippen LogP contribution >= 0.6 is 0 Å². The van der Waals surface area contributed by atoms with Gasteiger partial charge in [0.15, 0.2) is 6.10 Å². The minimum atomic E-state index is -1.15. The third-order valence-electron chi connectivity index (χ3n) is 3.86. The van der Waals surface area contributed by atoms with Gasteiger partial charge in [0.25, 0.3) is 0 Å². The van der Waals surface area contributed by atoms with E-state index in [1.165, 1.54) is 6.92 Å². The zero-order valence-corrected chi connectivity index (χ0v) is 20.6. The normalized spacial score (nSPS) is 11.8. The number of hydrogen-bond donors (Lipinski definition) is 0. The highest BCUT2D eigenvalue weighted by Gasteiger charge is 2.18. The number of rotatable bonds is 17. The molecule has 0 aromatic heterocycles. The highest BCUT2D eigenvalue weighted by Crippen LogP contribution is 2.11. The van der Waals surface area contributed by atoms with Gasteiger partial charge in [0.2, 0.25) is 0 Å². The van der Waals surface area contributed by atoms with Gasteiger partial charge in [-0.3, -0.25) is 9.59 Å². The van der Waals surface area contributed by atoms with Gasteiger partial charge in [-0.25, -0.2) is 9.59 Å². The van der Waals surface area contributed by atoms with Crippen LogP contribution in [0, 0.1) is 0 Å². The summed E-state index contributed by atoms with van der Waals surface area (Å²) in [6, 6.07) is 1.12. The number of carbonyl (C=O) groups is 4. The second kappa shape index (κ2) is 16.2. The van der Waals surface area contributed by atoms with E-state index in [2.05, 4.69) is 32.8 Å². The maximum Gasteiger partial charge on any atom is 0.333 e. The molecule has 0 aliphatic heterocycles. The molecule has 1 atom stereocenters. The van der Waals surface area contributed by atoms with Crippen LogP contribution in [-0.4, -0.2) is 71.1 Å². The Morgan fingerprint density at radius 1 is 0.906 bits per heavy atom. The van der Waals surface area contributed by atoms with Crippen molar-refractivity contribution in [3.05, 3.63) is 24.8 Å². The lowest BCUT2D eigenvalue weighted by Crippen LogP contribution is -2.29. The number of esters is 4. The Bertz CT molecular complexity index is 652. The summed E-state index contributed by atoms with van der Waals surface area (Å²) < 4.78 is 25.4. The van der Waals surface area contributed by atoms with Crippen molar-refractivity contribution in [2.24, 2.45) is 0 Å². The van der Waals surface area contributed by atoms with Gasteiger partial charge in [-0.2, -0.15) is 0 Å². The average molecular weight is 473 g/mol. The highest BCUT2D eigenvalue weighted by molar-refractivity contribution is 6.76. The first kappa shape index (κ1) is 29.5. The second-order valence-corrected chi connectivity index (χ2v) is 13.9. The zero-order chi connectivity index (χ0) is 24.6. The minimum absolute atomic E-state index is 0.0868. The molecule has 0 bridgehead atoms. The van der Waals surface area contributed by atoms with Crippen molar-refractivity contribution in [2.75, 3.05) is 33.0 Å². The summed E-state index contributed by atoms with van der Waals surface area (Å²) in [5.74, 6) is -2.49. The molecular weight excluding hydrogens is 436 g/mol. The molecule has 0 rings (SSSR count). The predicted molar refractivity (Wildman–Crippen MR) is 121 cm³/mol. The van der Waals surface area contributed by atoms with Crippen molar-refractivity contribution < 1.29 is 42.9 Å². The predicted octanol–water partition coefficient (Wildman–Crippen LogP) is 2.82. The molecule has 0 aliphatic rings. The van der Waals surface area contributed by atoms with Gasteiger partial charge in [-0.05, 0) is 13.3 Å². The summed E-state index contributed by atoms with van der Waals surface area (Å²) in [4.78, 5) is 46.2. The summed E-state index contributed by atoms with van der Waals surface area (Å²) in [5, 5.41) is 0. The molecule has 0 aromatic carbocycles. The van der Waals surface area contributed by atoms with Crippen LogP contribution in [-0.2, 0) is 42.9 Å². The third-order valence-corrected chi connectivity index (χ3v) is 5.71. The fourth-order valence-corrected chi connectivity index (χ4v) is 3.40. The van der Waals surface area contributed by atoms with E-state index in [1.54, 1.807) is 0 Å². The SMILES string of the molecule is C=CC(=O)OC(COCCC[Si](C)(C)C)COC(=O)CCC(=O)OCCOC(=O)C(=C)C. The Balaban J connectivity index is 4.18. The van der Waals surface area contributed by atoms with Gasteiger partial charge >= 0.3 is 23.9 Å². The molecule has 0 amide bonds. The molecule has 0 N–H and O–H groups in total. The van der Waals surface area contributed by atoms with Crippen LogP contribution in [0.15, 0.2) is 24.8 Å². The van der Waals surface area contributed by atoms with E-state index < -0.39 is 38.1 Å². The van der Waals surface area contributed by atoms with Gasteiger partial charge in [0, 0.05) is 26.3 Å². The topological polar surface area (TPSA) is 114 Å². The van der Waals surface area contributed by atoms with E-state index in [1.807, 2.05) is 0 Å². The Labute approximate surface area is 191 Å². The first-order valence-electron chi connectivity index (χ1n) is 10.5. The lowest BCUT2D eigenvalue weighted by molar-refractivity contribution is -0.160. The first-order valence-corrected chi connectivity index (χ1v) is 14.2. The quantitative estimate of drug-likeness (QED) is 0.104. The number of carbonyl (C=O) groups excluding carboxylic acids is 4. The van der Waals surface area contributed by atoms with Crippen LogP contribution in [0.4, 0.5) is 0 Å². The Hall–Kier alpha value is -2.46. The van der Waals surface area contributed by atoms with Crippen LogP contribution in [0.1, 0.15) is 26.2 Å². The monoisotopic (exact) mass is 472 g/mol. The van der Waals surface area contributed by atoms with E-state index in [-0.39, 0.29) is 44.8 Å². The van der Waals surface area contributed by atoms with Crippen LogP contribution in [0.2, 0.25) is 25.7 Å². The summed E-state index contributed by atoms with van der Waals surface area (Å²) in [5.41, 5.74) is 0.244. The van der Waals surface area contributed by atoms with E-state index in [4.69, 9.17) is 23.7 Å². The van der Waals surface area contributed by atoms with Crippen molar-refractivity contribution in [1.29, 1.82) is 0 Å². The molecule has 0 saturated heterocycles. The van der Waals surface area contributed by atoms with Gasteiger partial charge < -0.3 is 23.7 Å². The van der Waals surface area contributed by atoms with E-state index in [0.29, 0.717) is 6.61 Å². The zero-order valence-electron chi connectivity index (χ0n) is 19.6. The van der Waals surface area contributed by atoms with Crippen molar-refractivity contribution in [2.45, 2.75) is 58.0 Å². The van der Waals surface area contributed by atoms with Crippen LogP contribution in [0.3, 0.4) is 0 Å². The fourth-order valence-electron chi connectivity index (χ4n) is 2.20. The summed E-state index contributed by atoms with van der Waals surface area (Å²) in [7, 11) is -1.15. The first-order chi connectivity index (χ1) is 14.9. The molecule has 0 aromatic rings. The maximum absolute atomic E-state index is 11.9. The van der Waals surface area contributed by atoms with Crippen LogP contribution in [0.25, 0.3) is 0 Å². The minimum Gasteiger partial charge on any atom is -0.462 e. The molecule has 182 valence electrons. The van der Waals surface area contributed by atoms with Crippen LogP contribution < -0.4 is 0 Å². The fraction of sp³-hybridized carbons (Fsp3) is 0.636. The molecule has 0 radical (unpaired) electrons. The average Bonchev–Trinajstić information content (AvgIpc) is 2.71. The molecular formula is C22H36O9Si. The van der Waals surface area contributed by atoms with Gasteiger partial charge in [-0.1, -0.05) is 38.8 Å². The molecule has 10 heteroatoms. The van der Waals surface area contributed by atoms with Crippen molar-refractivity contribution >= 4 is 32.0 Å². The summed E-state index contributed by atoms with van der Waals surface area (Å²) in [6.45, 7) is 15.3. The van der Waals surface area contributed by atoms with E-state index >= 15 is 0 Å². The summed E-state index contributed by atoms with van der Waals surface area (Å²) in [6.07, 6.45) is 0.753. The molecule has 0 spiro atoms. The Kier molecular flexibility index (Phi) is 15.0. The molecule has 0 saturated carbocycles. The third kappa shape index (κ3) is 17.2. The smallest absolute Gasteiger partial charge is 0.333 e. The largest absolute Gasteiger partial charge is 0.462 e. The van der Waals surface area contributed by atoms with Crippen molar-refractivity contribution in [3.63, 3.8) is 0 Å². The van der Waals surface area contributed by atoms with E-state index in [9.17, 15) is 19.2 Å². The Morgan fingerprint density at radius 2 is 1.50 bits per heavy atom. The summed E-state index contributed by atoms with van der Waals surface area (Å²) >= 11 is 0. The molecule has 9 nitrogen and oxygen atoms in total. The Morgan fingerprint density at radius 3 is 2.06 bits per heavy atom. The maximum atomic E-state index is 11.9. The molecule has 1 unspecified atom stereocenters. The second-order valence-electron chi connectivity index (χ2n) is 8.32. The number of ether oxygens (including phenoxy) is 5. The standard InChI is InChI=1S/C22H36O9Si/c1-7-19(23)31-18(15-27-11-8-14-32(4,5)6)16-30-21(25)10-9-20(24)28-12-13-29-22(26)17(2)3/h7,18H,1-2,8-16H2,3-6H3. The highest BCUT2D eigenvalue weighted by atomic mass is 28.3. The van der Waals surface area contributed by atoms with Gasteiger partial charge in [-0.15, -0.1) is 0 Å². The van der Waals surface area contributed by atoms with Gasteiger partial charge in [0.1, 0.15) is 19.8 Å². The molecule has 0 fully saturated rings. The lowest BCUT2D eigenvalue weighted by atomic mass is 10.3.